The molecule has 3 aromatic rings. The molecule has 110 valence electrons. The molecule has 7 heteroatoms. The van der Waals surface area contributed by atoms with Crippen LogP contribution in [-0.2, 0) is 0 Å². The minimum absolute atomic E-state index is 0. The van der Waals surface area contributed by atoms with Gasteiger partial charge in [0.25, 0.3) is 0 Å². The quantitative estimate of drug-likeness (QED) is 0.368. The molecule has 0 aliphatic rings. The van der Waals surface area contributed by atoms with Crippen molar-refractivity contribution >= 4 is 58.3 Å². The number of benzene rings is 2. The number of hydrogen-bond donors (Lipinski definition) is 5. The van der Waals surface area contributed by atoms with Crippen LogP contribution in [0.1, 0.15) is 11.1 Å². The van der Waals surface area contributed by atoms with Gasteiger partial charge in [-0.1, -0.05) is 0 Å². The topological polar surface area (TPSA) is 116 Å². The van der Waals surface area contributed by atoms with Crippen molar-refractivity contribution in [1.82, 2.24) is 4.98 Å². The number of nitrogens with two attached hydrogens (primary N) is 2. The number of amidine groups is 2. The molecule has 1 aromatic heterocycles. The summed E-state index contributed by atoms with van der Waals surface area (Å²) in [6, 6.07) is 11.2. The van der Waals surface area contributed by atoms with E-state index in [-0.39, 0.29) is 36.5 Å². The maximum atomic E-state index is 7.50. The largest absolute Gasteiger partial charge is 0.384 e. The van der Waals surface area contributed by atoms with Crippen LogP contribution in [0.2, 0.25) is 0 Å². The smallest absolute Gasteiger partial charge is 0.122 e. The first-order valence-electron chi connectivity index (χ1n) is 5.80. The normalized spacial score (nSPS) is 9.90. The summed E-state index contributed by atoms with van der Waals surface area (Å²) in [5, 5.41) is 16.9. The van der Waals surface area contributed by atoms with Gasteiger partial charge < -0.3 is 16.5 Å². The van der Waals surface area contributed by atoms with Crippen LogP contribution in [0.4, 0.5) is 0 Å². The Labute approximate surface area is 133 Å². The second-order valence-corrected chi connectivity index (χ2v) is 4.47. The maximum absolute atomic E-state index is 7.50. The van der Waals surface area contributed by atoms with E-state index in [1.807, 2.05) is 36.4 Å². The fraction of sp³-hybridized carbons (Fsp3) is 0. The molecule has 0 aliphatic heterocycles. The Hall–Kier alpha value is -2.24. The van der Waals surface area contributed by atoms with Gasteiger partial charge in [-0.05, 0) is 36.4 Å². The average molecular weight is 324 g/mol. The van der Waals surface area contributed by atoms with E-state index in [1.54, 1.807) is 0 Å². The van der Waals surface area contributed by atoms with Gasteiger partial charge in [-0.2, -0.15) is 0 Å². The fourth-order valence-electron chi connectivity index (χ4n) is 2.23. The molecule has 0 aliphatic carbocycles. The first-order chi connectivity index (χ1) is 9.06. The van der Waals surface area contributed by atoms with E-state index in [1.165, 1.54) is 0 Å². The lowest BCUT2D eigenvalue weighted by Gasteiger charge is -2.00. The molecule has 0 bridgehead atoms. The summed E-state index contributed by atoms with van der Waals surface area (Å²) in [6.07, 6.45) is 0. The van der Waals surface area contributed by atoms with E-state index in [9.17, 15) is 0 Å². The Bertz CT molecular complexity index is 770. The summed E-state index contributed by atoms with van der Waals surface area (Å²) in [7, 11) is 0. The number of hydrogen-bond acceptors (Lipinski definition) is 2. The lowest BCUT2D eigenvalue weighted by molar-refractivity contribution is 1.43. The summed E-state index contributed by atoms with van der Waals surface area (Å²) >= 11 is 0. The minimum atomic E-state index is 0. The van der Waals surface area contributed by atoms with Crippen LogP contribution in [-0.4, -0.2) is 16.7 Å². The Morgan fingerprint density at radius 3 is 1.48 bits per heavy atom. The van der Waals surface area contributed by atoms with Crippen molar-refractivity contribution in [3.05, 3.63) is 47.5 Å². The van der Waals surface area contributed by atoms with E-state index in [0.29, 0.717) is 11.1 Å². The van der Waals surface area contributed by atoms with Crippen LogP contribution < -0.4 is 11.5 Å². The molecule has 1 heterocycles. The van der Waals surface area contributed by atoms with Gasteiger partial charge in [0, 0.05) is 32.9 Å². The monoisotopic (exact) mass is 323 g/mol. The zero-order valence-electron chi connectivity index (χ0n) is 10.9. The first-order valence-corrected chi connectivity index (χ1v) is 5.80. The number of nitrogen functional groups attached to an aromatic ring is 2. The zero-order chi connectivity index (χ0) is 13.6. The standard InChI is InChI=1S/C14H13N5.2ClH/c15-13(16)7-1-3-11-9(5-7)10-6-8(14(17)18)2-4-12(10)19-11;;/h1-6,19H,(H3,15,16)(H3,17,18);2*1H. The predicted molar refractivity (Wildman–Crippen MR) is 92.3 cm³/mol. The van der Waals surface area contributed by atoms with Gasteiger partial charge in [0.15, 0.2) is 0 Å². The van der Waals surface area contributed by atoms with Crippen molar-refractivity contribution < 1.29 is 0 Å². The van der Waals surface area contributed by atoms with Crippen molar-refractivity contribution in [2.24, 2.45) is 11.5 Å². The number of rotatable bonds is 2. The summed E-state index contributed by atoms with van der Waals surface area (Å²) in [5.41, 5.74) is 14.3. The molecule has 3 rings (SSSR count). The lowest BCUT2D eigenvalue weighted by atomic mass is 10.1. The highest BCUT2D eigenvalue weighted by Gasteiger charge is 2.08. The van der Waals surface area contributed by atoms with E-state index >= 15 is 0 Å². The highest BCUT2D eigenvalue weighted by molar-refractivity contribution is 6.12. The number of fused-ring (bicyclic) bond motifs is 3. The highest BCUT2D eigenvalue weighted by atomic mass is 35.5. The van der Waals surface area contributed by atoms with Crippen LogP contribution >= 0.6 is 24.8 Å². The van der Waals surface area contributed by atoms with Gasteiger partial charge in [0.2, 0.25) is 0 Å². The number of H-pyrrole nitrogens is 1. The summed E-state index contributed by atoms with van der Waals surface area (Å²) in [6.45, 7) is 0. The number of aromatic amines is 1. The van der Waals surface area contributed by atoms with Crippen LogP contribution in [0.25, 0.3) is 21.8 Å². The third-order valence-electron chi connectivity index (χ3n) is 3.22. The Balaban J connectivity index is 0.00000110. The average Bonchev–Trinajstić information content (AvgIpc) is 2.75. The molecular weight excluding hydrogens is 309 g/mol. The third kappa shape index (κ3) is 2.79. The SMILES string of the molecule is Cl.Cl.N=C(N)c1ccc2[nH]c3ccc(C(=N)N)cc3c2c1. The van der Waals surface area contributed by atoms with Gasteiger partial charge >= 0.3 is 0 Å². The molecule has 0 unspecified atom stereocenters. The first kappa shape index (κ1) is 16.8. The predicted octanol–water partition coefficient (Wildman–Crippen LogP) is 2.73. The van der Waals surface area contributed by atoms with Crippen LogP contribution in [0.5, 0.6) is 0 Å². The van der Waals surface area contributed by atoms with Gasteiger partial charge in [-0.15, -0.1) is 24.8 Å². The van der Waals surface area contributed by atoms with Crippen LogP contribution in [0.3, 0.4) is 0 Å². The van der Waals surface area contributed by atoms with Crippen molar-refractivity contribution in [2.75, 3.05) is 0 Å². The van der Waals surface area contributed by atoms with E-state index in [2.05, 4.69) is 4.98 Å². The molecule has 5 nitrogen and oxygen atoms in total. The third-order valence-corrected chi connectivity index (χ3v) is 3.22. The molecule has 0 fully saturated rings. The van der Waals surface area contributed by atoms with Crippen LogP contribution in [0.15, 0.2) is 36.4 Å². The van der Waals surface area contributed by atoms with Gasteiger partial charge in [-0.3, -0.25) is 10.8 Å². The molecule has 0 atom stereocenters. The Morgan fingerprint density at radius 1 is 0.762 bits per heavy atom. The fourth-order valence-corrected chi connectivity index (χ4v) is 2.23. The molecule has 2 aromatic carbocycles. The van der Waals surface area contributed by atoms with Crippen LogP contribution in [0, 0.1) is 10.8 Å². The molecule has 0 saturated carbocycles. The molecule has 7 N–H and O–H groups in total. The van der Waals surface area contributed by atoms with Gasteiger partial charge in [-0.25, -0.2) is 0 Å². The van der Waals surface area contributed by atoms with Crippen molar-refractivity contribution in [3.63, 3.8) is 0 Å². The minimum Gasteiger partial charge on any atom is -0.384 e. The number of halogens is 2. The Kier molecular flexibility index (Phi) is 4.83. The van der Waals surface area contributed by atoms with E-state index in [0.717, 1.165) is 21.8 Å². The zero-order valence-corrected chi connectivity index (χ0v) is 12.6. The van der Waals surface area contributed by atoms with Gasteiger partial charge in [0.05, 0.1) is 0 Å². The summed E-state index contributed by atoms with van der Waals surface area (Å²) in [5.74, 6) is 0.0814. The summed E-state index contributed by atoms with van der Waals surface area (Å²) in [4.78, 5) is 3.29. The maximum Gasteiger partial charge on any atom is 0.122 e. The van der Waals surface area contributed by atoms with Gasteiger partial charge in [0.1, 0.15) is 11.7 Å². The lowest BCUT2D eigenvalue weighted by Crippen LogP contribution is -2.10. The summed E-state index contributed by atoms with van der Waals surface area (Å²) < 4.78 is 0. The molecule has 0 spiro atoms. The molecular formula is C14H15Cl2N5. The molecule has 21 heavy (non-hydrogen) atoms. The van der Waals surface area contributed by atoms with Crippen molar-refractivity contribution in [2.45, 2.75) is 0 Å². The molecule has 0 radical (unpaired) electrons. The number of aromatic nitrogens is 1. The highest BCUT2D eigenvalue weighted by Crippen LogP contribution is 2.27. The van der Waals surface area contributed by atoms with E-state index in [4.69, 9.17) is 22.3 Å². The van der Waals surface area contributed by atoms with Crippen molar-refractivity contribution in [1.29, 1.82) is 10.8 Å². The number of nitrogens with one attached hydrogen (secondary N) is 3. The molecule has 0 amide bonds. The van der Waals surface area contributed by atoms with E-state index < -0.39 is 0 Å². The molecule has 0 saturated heterocycles. The second-order valence-electron chi connectivity index (χ2n) is 4.47. The van der Waals surface area contributed by atoms with Crippen molar-refractivity contribution in [3.8, 4) is 0 Å². The second kappa shape index (κ2) is 6.03. The Morgan fingerprint density at radius 2 is 1.14 bits per heavy atom.